The highest BCUT2D eigenvalue weighted by Crippen LogP contribution is 2.20. The van der Waals surface area contributed by atoms with Crippen molar-refractivity contribution in [2.75, 3.05) is 30.6 Å². The maximum Gasteiger partial charge on any atom is 0.446 e. The summed E-state index contributed by atoms with van der Waals surface area (Å²) in [5.41, 5.74) is 7.98. The average Bonchev–Trinajstić information content (AvgIpc) is 3.74. The van der Waals surface area contributed by atoms with Crippen LogP contribution in [0.1, 0.15) is 42.9 Å². The molecule has 0 spiro atoms. The van der Waals surface area contributed by atoms with E-state index in [0.717, 1.165) is 10.9 Å². The fourth-order valence-corrected chi connectivity index (χ4v) is 8.61. The van der Waals surface area contributed by atoms with Crippen molar-refractivity contribution in [3.05, 3.63) is 102 Å². The number of hydrogen-bond acceptors (Lipinski definition) is 14. The first-order chi connectivity index (χ1) is 34.7. The van der Waals surface area contributed by atoms with Crippen molar-refractivity contribution in [3.8, 4) is 5.75 Å². The Morgan fingerprint density at radius 3 is 1.71 bits per heavy atom. The summed E-state index contributed by atoms with van der Waals surface area (Å²) in [6.45, 7) is 0.496. The van der Waals surface area contributed by atoms with Crippen LogP contribution in [0, 0.1) is 0 Å². The standard InChI is InChI=1S/C47H59N9O14S3/c1-27(57)51-37(22-29-13-15-31(16-14-29)70-73(67,68)69)45(64)53-34(17-19-71-2)43(62)50-26-40(58)52-38(23-30-25-49-33-12-8-7-11-32(30)33)46(65)54-35(18-20-72-3)44(63)56-39(24-41(59)60)47(66)55-36(42(48)61)21-28-9-5-4-6-10-28/h4-16,25,34-39,49H,17-24,26H2,1-3H3,(H2,48,61)(H,50,62)(H,51,57)(H,52,58)(H,53,64)(H,54,65)(H,55,66)(H,56,63)(H,59,60)(H,67,68,69)/t34-,35-,36-,37-,38+,39-/m0/s1. The molecule has 0 aliphatic rings. The van der Waals surface area contributed by atoms with Gasteiger partial charge in [0.15, 0.2) is 0 Å². The molecule has 0 saturated heterocycles. The number of para-hydroxylation sites is 1. The van der Waals surface area contributed by atoms with E-state index in [1.807, 2.05) is 0 Å². The molecule has 73 heavy (non-hydrogen) atoms. The first kappa shape index (κ1) is 58.4. The molecule has 8 amide bonds. The van der Waals surface area contributed by atoms with Crippen molar-refractivity contribution in [3.63, 3.8) is 0 Å². The molecule has 0 bridgehead atoms. The van der Waals surface area contributed by atoms with Gasteiger partial charge in [-0.2, -0.15) is 31.9 Å². The summed E-state index contributed by atoms with van der Waals surface area (Å²) >= 11 is 2.70. The quantitative estimate of drug-likeness (QED) is 0.0304. The predicted octanol–water partition coefficient (Wildman–Crippen LogP) is -0.111. The van der Waals surface area contributed by atoms with Gasteiger partial charge in [0.05, 0.1) is 13.0 Å². The Morgan fingerprint density at radius 2 is 1.14 bits per heavy atom. The molecule has 26 heteroatoms. The molecule has 4 aromatic rings. The van der Waals surface area contributed by atoms with Gasteiger partial charge in [0, 0.05) is 43.3 Å². The Kier molecular flexibility index (Phi) is 23.0. The number of carboxylic acid groups (broad SMARTS) is 1. The number of primary amides is 1. The van der Waals surface area contributed by atoms with E-state index in [0.29, 0.717) is 28.2 Å². The van der Waals surface area contributed by atoms with Crippen LogP contribution in [0.2, 0.25) is 0 Å². The average molecular weight is 1070 g/mol. The Hall–Kier alpha value is -7.16. The van der Waals surface area contributed by atoms with Gasteiger partial charge in [-0.1, -0.05) is 60.7 Å². The van der Waals surface area contributed by atoms with Crippen molar-refractivity contribution in [1.29, 1.82) is 0 Å². The molecule has 0 fully saturated rings. The second-order valence-corrected chi connectivity index (χ2v) is 19.5. The number of carbonyl (C=O) groups is 9. The number of aliphatic carboxylic acids is 1. The van der Waals surface area contributed by atoms with Gasteiger partial charge in [-0.15, -0.1) is 0 Å². The van der Waals surface area contributed by atoms with E-state index in [-0.39, 0.29) is 37.9 Å². The van der Waals surface area contributed by atoms with E-state index < -0.39 is 113 Å². The fraction of sp³-hybridized carbons (Fsp3) is 0.383. The number of benzene rings is 3. The number of carboxylic acids is 1. The number of nitrogens with two attached hydrogens (primary N) is 1. The zero-order chi connectivity index (χ0) is 53.7. The molecule has 0 aliphatic heterocycles. The van der Waals surface area contributed by atoms with E-state index >= 15 is 0 Å². The second-order valence-electron chi connectivity index (χ2n) is 16.5. The minimum Gasteiger partial charge on any atom is -0.481 e. The van der Waals surface area contributed by atoms with Crippen molar-refractivity contribution in [2.45, 2.75) is 81.7 Å². The van der Waals surface area contributed by atoms with E-state index in [1.54, 1.807) is 73.3 Å². The maximum atomic E-state index is 14.3. The van der Waals surface area contributed by atoms with Crippen LogP contribution < -0.4 is 47.1 Å². The Balaban J connectivity index is 1.51. The molecule has 12 N–H and O–H groups in total. The first-order valence-electron chi connectivity index (χ1n) is 22.6. The van der Waals surface area contributed by atoms with Crippen LogP contribution in [-0.2, 0) is 72.8 Å². The number of aromatic nitrogens is 1. The van der Waals surface area contributed by atoms with Crippen LogP contribution >= 0.6 is 23.5 Å². The number of fused-ring (bicyclic) bond motifs is 1. The monoisotopic (exact) mass is 1070 g/mol. The second kappa shape index (κ2) is 28.8. The molecule has 394 valence electrons. The molecule has 0 unspecified atom stereocenters. The van der Waals surface area contributed by atoms with Gasteiger partial charge < -0.3 is 57.2 Å². The van der Waals surface area contributed by atoms with E-state index in [2.05, 4.69) is 46.4 Å². The Morgan fingerprint density at radius 1 is 0.630 bits per heavy atom. The van der Waals surface area contributed by atoms with Crippen LogP contribution in [-0.4, -0.2) is 143 Å². The van der Waals surface area contributed by atoms with Crippen LogP contribution in [0.4, 0.5) is 0 Å². The van der Waals surface area contributed by atoms with E-state index in [1.165, 1.54) is 54.7 Å². The summed E-state index contributed by atoms with van der Waals surface area (Å²) in [6.07, 6.45) is 4.09. The molecular weight excluding hydrogens is 1010 g/mol. The lowest BCUT2D eigenvalue weighted by Crippen LogP contribution is -2.59. The van der Waals surface area contributed by atoms with Crippen molar-refractivity contribution < 1.29 is 65.4 Å². The number of H-pyrrole nitrogens is 1. The molecule has 0 radical (unpaired) electrons. The topological polar surface area (TPSA) is 363 Å². The van der Waals surface area contributed by atoms with Gasteiger partial charge in [-0.25, -0.2) is 0 Å². The Labute approximate surface area is 429 Å². The third kappa shape index (κ3) is 20.1. The van der Waals surface area contributed by atoms with Crippen LogP contribution in [0.3, 0.4) is 0 Å². The van der Waals surface area contributed by atoms with Crippen LogP contribution in [0.25, 0.3) is 10.9 Å². The summed E-state index contributed by atoms with van der Waals surface area (Å²) in [5.74, 6) is -7.64. The predicted molar refractivity (Wildman–Crippen MR) is 272 cm³/mol. The highest BCUT2D eigenvalue weighted by atomic mass is 32.3. The third-order valence-electron chi connectivity index (χ3n) is 10.9. The number of nitrogens with one attached hydrogen (secondary N) is 8. The zero-order valence-corrected chi connectivity index (χ0v) is 42.5. The molecule has 1 aromatic heterocycles. The molecule has 23 nitrogen and oxygen atoms in total. The fourth-order valence-electron chi connectivity index (χ4n) is 7.31. The summed E-state index contributed by atoms with van der Waals surface area (Å²) in [4.78, 5) is 122. The molecule has 0 saturated carbocycles. The van der Waals surface area contributed by atoms with Gasteiger partial charge in [0.25, 0.3) is 0 Å². The summed E-state index contributed by atoms with van der Waals surface area (Å²) in [6, 6.07) is 12.8. The molecule has 3 aromatic carbocycles. The maximum absolute atomic E-state index is 14.3. The van der Waals surface area contributed by atoms with Gasteiger partial charge in [0.1, 0.15) is 42.0 Å². The number of rotatable bonds is 30. The summed E-state index contributed by atoms with van der Waals surface area (Å²) < 4.78 is 35.6. The van der Waals surface area contributed by atoms with Crippen molar-refractivity contribution >= 4 is 98.1 Å². The lowest BCUT2D eigenvalue weighted by Gasteiger charge is -2.26. The van der Waals surface area contributed by atoms with Crippen LogP contribution in [0.15, 0.2) is 85.1 Å². The van der Waals surface area contributed by atoms with Gasteiger partial charge in [-0.3, -0.25) is 47.7 Å². The summed E-state index contributed by atoms with van der Waals surface area (Å²) in [5, 5.41) is 28.1. The molecule has 0 aliphatic carbocycles. The lowest BCUT2D eigenvalue weighted by atomic mass is 10.0. The smallest absolute Gasteiger partial charge is 0.446 e. The highest BCUT2D eigenvalue weighted by Gasteiger charge is 2.33. The zero-order valence-electron chi connectivity index (χ0n) is 40.0. The SMILES string of the molecule is CSCC[C@H](NC(=O)[C@H](Cc1ccc(OS(=O)(=O)O)cc1)NC(C)=O)C(=O)NCC(=O)N[C@H](Cc1c[nH]c2ccccc12)C(=O)N[C@@H](CCSC)C(=O)N[C@@H](CC(=O)O)C(=O)N[C@@H](Cc1ccccc1)C(N)=O. The lowest BCUT2D eigenvalue weighted by molar-refractivity contribution is -0.141. The van der Waals surface area contributed by atoms with Crippen molar-refractivity contribution in [1.82, 2.24) is 42.2 Å². The summed E-state index contributed by atoms with van der Waals surface area (Å²) in [7, 11) is -4.79. The van der Waals surface area contributed by atoms with E-state index in [4.69, 9.17) is 10.3 Å². The molecule has 4 rings (SSSR count). The molecular formula is C47H59N9O14S3. The highest BCUT2D eigenvalue weighted by molar-refractivity contribution is 7.98. The van der Waals surface area contributed by atoms with Gasteiger partial charge in [0.2, 0.25) is 47.3 Å². The minimum absolute atomic E-state index is 0.00782. The Bertz CT molecular complexity index is 2690. The molecule has 6 atom stereocenters. The van der Waals surface area contributed by atoms with Gasteiger partial charge in [-0.05, 0) is 71.7 Å². The largest absolute Gasteiger partial charge is 0.481 e. The minimum atomic E-state index is -4.79. The number of hydrogen-bond donors (Lipinski definition) is 11. The number of amides is 8. The van der Waals surface area contributed by atoms with E-state index in [9.17, 15) is 56.7 Å². The molecule has 1 heterocycles. The van der Waals surface area contributed by atoms with Gasteiger partial charge >= 0.3 is 16.4 Å². The van der Waals surface area contributed by atoms with Crippen LogP contribution in [0.5, 0.6) is 5.75 Å². The third-order valence-corrected chi connectivity index (χ3v) is 12.6. The first-order valence-corrected chi connectivity index (χ1v) is 26.7. The number of aromatic amines is 1. The normalized spacial score (nSPS) is 13.6. The number of thioether (sulfide) groups is 2. The van der Waals surface area contributed by atoms with Crippen molar-refractivity contribution in [2.24, 2.45) is 5.73 Å². The number of carbonyl (C=O) groups excluding carboxylic acids is 8.